The van der Waals surface area contributed by atoms with Crippen molar-refractivity contribution in [1.82, 2.24) is 25.3 Å². The standard InChI is InChI=1S/C39H55N5O8/c1-9-43-31-15-14-24(18-27(31)28(20-39(6,7)22-45)34(43)25-12-10-16-40-33(25)23(2)50-8)26-19-32(26)51-21-30(41-37(49)52-38(3,4)5)35(46)44-17-11-13-29(42-44)36(47)48/h10,12,14-16,18,23,26,29-30,32,42,45H,9,11,13,17,19-22H2,1-8H3,(H,41,49)(H,47,48)/t23-,26-,29-,30-,32+/m0/s1. The first-order chi connectivity index (χ1) is 24.6. The number of alkyl carbamates (subject to hydrolysis) is 1. The molecule has 1 saturated carbocycles. The first-order valence-electron chi connectivity index (χ1n) is 18.2. The summed E-state index contributed by atoms with van der Waals surface area (Å²) in [4.78, 5) is 42.8. The zero-order chi connectivity index (χ0) is 38.0. The van der Waals surface area contributed by atoms with Crippen LogP contribution in [0.2, 0.25) is 0 Å². The fourth-order valence-electron chi connectivity index (χ4n) is 6.94. The molecule has 1 aromatic carbocycles. The van der Waals surface area contributed by atoms with Crippen LogP contribution in [-0.2, 0) is 36.8 Å². The van der Waals surface area contributed by atoms with Gasteiger partial charge in [0, 0.05) is 55.4 Å². The summed E-state index contributed by atoms with van der Waals surface area (Å²) in [6, 6.07) is 8.55. The van der Waals surface area contributed by atoms with Gasteiger partial charge in [-0.3, -0.25) is 19.6 Å². The van der Waals surface area contributed by atoms with Gasteiger partial charge in [0.05, 0.1) is 30.2 Å². The molecule has 1 aliphatic heterocycles. The Hall–Kier alpha value is -4.04. The van der Waals surface area contributed by atoms with Gasteiger partial charge in [0.2, 0.25) is 0 Å². The molecule has 2 amide bonds. The van der Waals surface area contributed by atoms with E-state index >= 15 is 0 Å². The monoisotopic (exact) mass is 721 g/mol. The molecular weight excluding hydrogens is 666 g/mol. The number of carboxylic acids is 1. The van der Waals surface area contributed by atoms with Gasteiger partial charge in [-0.25, -0.2) is 10.2 Å². The molecule has 2 aliphatic rings. The Balaban J connectivity index is 1.42. The highest BCUT2D eigenvalue weighted by Crippen LogP contribution is 2.46. The maximum Gasteiger partial charge on any atom is 0.408 e. The van der Waals surface area contributed by atoms with Crippen molar-refractivity contribution in [2.24, 2.45) is 5.41 Å². The average molecular weight is 722 g/mol. The Bertz CT molecular complexity index is 1760. The molecule has 0 bridgehead atoms. The van der Waals surface area contributed by atoms with Crippen molar-refractivity contribution >= 4 is 28.9 Å². The van der Waals surface area contributed by atoms with Crippen LogP contribution in [0.25, 0.3) is 22.2 Å². The smallest absolute Gasteiger partial charge is 0.408 e. The Morgan fingerprint density at radius 3 is 2.56 bits per heavy atom. The maximum absolute atomic E-state index is 13.6. The number of hydrogen-bond donors (Lipinski definition) is 4. The number of nitrogens with zero attached hydrogens (tertiary/aromatic N) is 3. The molecule has 52 heavy (non-hydrogen) atoms. The summed E-state index contributed by atoms with van der Waals surface area (Å²) in [5.74, 6) is -1.46. The van der Waals surface area contributed by atoms with Crippen molar-refractivity contribution in [2.45, 2.75) is 117 Å². The predicted molar refractivity (Wildman–Crippen MR) is 197 cm³/mol. The van der Waals surface area contributed by atoms with Crippen molar-refractivity contribution in [2.75, 3.05) is 26.9 Å². The van der Waals surface area contributed by atoms with E-state index in [2.05, 4.69) is 60.3 Å². The molecule has 5 atom stereocenters. The number of aliphatic carboxylic acids is 1. The molecule has 4 N–H and O–H groups in total. The van der Waals surface area contributed by atoms with E-state index in [1.54, 1.807) is 34.1 Å². The molecule has 1 saturated heterocycles. The third-order valence-corrected chi connectivity index (χ3v) is 9.80. The summed E-state index contributed by atoms with van der Waals surface area (Å²) in [5, 5.41) is 24.9. The number of carbonyl (C=O) groups is 3. The highest BCUT2D eigenvalue weighted by atomic mass is 16.6. The van der Waals surface area contributed by atoms with Gasteiger partial charge < -0.3 is 34.3 Å². The Kier molecular flexibility index (Phi) is 12.0. The van der Waals surface area contributed by atoms with Gasteiger partial charge in [-0.1, -0.05) is 19.9 Å². The number of aryl methyl sites for hydroxylation is 1. The second kappa shape index (κ2) is 15.9. The Labute approximate surface area is 306 Å². The predicted octanol–water partition coefficient (Wildman–Crippen LogP) is 5.34. The van der Waals surface area contributed by atoms with E-state index in [1.807, 2.05) is 13.0 Å². The molecule has 3 aromatic rings. The van der Waals surface area contributed by atoms with Gasteiger partial charge in [0.15, 0.2) is 0 Å². The lowest BCUT2D eigenvalue weighted by Crippen LogP contribution is -2.61. The number of nitrogens with one attached hydrogen (secondary N) is 2. The number of benzene rings is 1. The fraction of sp³-hybridized carbons (Fsp3) is 0.590. The van der Waals surface area contributed by atoms with E-state index in [4.69, 9.17) is 19.2 Å². The molecule has 13 nitrogen and oxygen atoms in total. The molecular formula is C39H55N5O8. The highest BCUT2D eigenvalue weighted by molar-refractivity contribution is 5.93. The number of rotatable bonds is 14. The van der Waals surface area contributed by atoms with Gasteiger partial charge in [0.25, 0.3) is 5.91 Å². The lowest BCUT2D eigenvalue weighted by atomic mass is 9.84. The summed E-state index contributed by atoms with van der Waals surface area (Å²) in [5.41, 5.74) is 7.86. The van der Waals surface area contributed by atoms with Crippen LogP contribution in [0.3, 0.4) is 0 Å². The molecule has 0 spiro atoms. The number of carboxylic acid groups (broad SMARTS) is 1. The topological polar surface area (TPSA) is 164 Å². The second-order valence-corrected chi connectivity index (χ2v) is 15.7. The molecule has 0 unspecified atom stereocenters. The number of methoxy groups -OCH3 is 1. The van der Waals surface area contributed by atoms with Gasteiger partial charge in [-0.05, 0) is 101 Å². The van der Waals surface area contributed by atoms with Crippen molar-refractivity contribution in [3.8, 4) is 11.3 Å². The summed E-state index contributed by atoms with van der Waals surface area (Å²) in [6.45, 7) is 14.4. The van der Waals surface area contributed by atoms with Crippen LogP contribution in [-0.4, -0.2) is 93.4 Å². The van der Waals surface area contributed by atoms with Crippen LogP contribution in [0, 0.1) is 5.41 Å². The molecule has 3 heterocycles. The van der Waals surface area contributed by atoms with E-state index in [1.165, 1.54) is 5.01 Å². The van der Waals surface area contributed by atoms with Crippen LogP contribution in [0.15, 0.2) is 36.5 Å². The third-order valence-electron chi connectivity index (χ3n) is 9.80. The number of amides is 2. The van der Waals surface area contributed by atoms with Gasteiger partial charge in [-0.15, -0.1) is 0 Å². The Morgan fingerprint density at radius 1 is 1.15 bits per heavy atom. The zero-order valence-electron chi connectivity index (χ0n) is 31.7. The Morgan fingerprint density at radius 2 is 1.90 bits per heavy atom. The van der Waals surface area contributed by atoms with Crippen LogP contribution in [0.5, 0.6) is 0 Å². The highest BCUT2D eigenvalue weighted by Gasteiger charge is 2.42. The minimum Gasteiger partial charge on any atom is -0.480 e. The maximum atomic E-state index is 13.6. The number of carbonyl (C=O) groups excluding carboxylic acids is 2. The number of aliphatic hydroxyl groups is 1. The van der Waals surface area contributed by atoms with Crippen molar-refractivity contribution in [3.63, 3.8) is 0 Å². The number of hydrogen-bond acceptors (Lipinski definition) is 9. The van der Waals surface area contributed by atoms with Gasteiger partial charge in [-0.2, -0.15) is 0 Å². The molecule has 0 radical (unpaired) electrons. The number of pyridine rings is 1. The zero-order valence-corrected chi connectivity index (χ0v) is 31.7. The number of fused-ring (bicyclic) bond motifs is 1. The molecule has 1 aliphatic carbocycles. The summed E-state index contributed by atoms with van der Waals surface area (Å²) in [6.07, 6.45) is 2.90. The molecule has 13 heteroatoms. The van der Waals surface area contributed by atoms with Crippen LogP contribution in [0.4, 0.5) is 4.79 Å². The van der Waals surface area contributed by atoms with E-state index in [0.717, 1.165) is 51.9 Å². The van der Waals surface area contributed by atoms with E-state index in [0.29, 0.717) is 25.8 Å². The van der Waals surface area contributed by atoms with Crippen LogP contribution >= 0.6 is 0 Å². The van der Waals surface area contributed by atoms with E-state index < -0.39 is 35.7 Å². The number of hydrazine groups is 1. The lowest BCUT2D eigenvalue weighted by molar-refractivity contribution is -0.148. The minimum absolute atomic E-state index is 0.0268. The first-order valence-corrected chi connectivity index (χ1v) is 18.2. The van der Waals surface area contributed by atoms with Crippen LogP contribution in [0.1, 0.15) is 96.6 Å². The number of aromatic nitrogens is 2. The van der Waals surface area contributed by atoms with Crippen molar-refractivity contribution in [3.05, 3.63) is 53.3 Å². The molecule has 284 valence electrons. The number of aliphatic hydroxyl groups excluding tert-OH is 1. The van der Waals surface area contributed by atoms with Gasteiger partial charge in [0.1, 0.15) is 17.7 Å². The fourth-order valence-corrected chi connectivity index (χ4v) is 6.94. The van der Waals surface area contributed by atoms with Crippen LogP contribution < -0.4 is 10.7 Å². The third kappa shape index (κ3) is 8.94. The summed E-state index contributed by atoms with van der Waals surface area (Å²) >= 11 is 0. The first kappa shape index (κ1) is 39.2. The second-order valence-electron chi connectivity index (χ2n) is 15.7. The minimum atomic E-state index is -1.09. The van der Waals surface area contributed by atoms with Gasteiger partial charge >= 0.3 is 12.1 Å². The average Bonchev–Trinajstić information content (AvgIpc) is 3.83. The quantitative estimate of drug-likeness (QED) is 0.171. The largest absolute Gasteiger partial charge is 0.480 e. The molecule has 5 rings (SSSR count). The molecule has 2 aromatic heterocycles. The number of ether oxygens (including phenoxy) is 3. The summed E-state index contributed by atoms with van der Waals surface area (Å²) < 4.78 is 19.8. The molecule has 2 fully saturated rings. The normalized spacial score (nSPS) is 20.4. The lowest BCUT2D eigenvalue weighted by Gasteiger charge is -2.34. The van der Waals surface area contributed by atoms with E-state index in [-0.39, 0.29) is 36.8 Å². The van der Waals surface area contributed by atoms with Crippen molar-refractivity contribution < 1.29 is 38.8 Å². The van der Waals surface area contributed by atoms with Crippen molar-refractivity contribution in [1.29, 1.82) is 0 Å². The SMILES string of the molecule is CCn1c(-c2cccnc2[C@H](C)OC)c(CC(C)(C)CO)c2cc([C@@H]3C[C@H]3OC[C@H](NC(=O)OC(C)(C)C)C(=O)N3CCC[C@@H](C(=O)O)N3)ccc21. The van der Waals surface area contributed by atoms with E-state index in [9.17, 15) is 24.6 Å². The summed E-state index contributed by atoms with van der Waals surface area (Å²) in [7, 11) is 1.68.